The predicted octanol–water partition coefficient (Wildman–Crippen LogP) is 2.36. The fourth-order valence-corrected chi connectivity index (χ4v) is 2.38. The molecule has 2 aromatic carbocycles. The summed E-state index contributed by atoms with van der Waals surface area (Å²) in [6, 6.07) is 15.8. The van der Waals surface area contributed by atoms with Crippen molar-refractivity contribution in [2.24, 2.45) is 5.92 Å². The Morgan fingerprint density at radius 1 is 0.900 bits per heavy atom. The van der Waals surface area contributed by atoms with E-state index in [1.54, 1.807) is 48.5 Å². The molecule has 0 radical (unpaired) electrons. The number of para-hydroxylation sites is 2. The van der Waals surface area contributed by atoms with Gasteiger partial charge in [0.25, 0.3) is 0 Å². The molecular weight excluding hydrogens is 254 g/mol. The van der Waals surface area contributed by atoms with Gasteiger partial charge in [-0.15, -0.1) is 0 Å². The Labute approximate surface area is 115 Å². The molecule has 1 heterocycles. The van der Waals surface area contributed by atoms with Gasteiger partial charge < -0.3 is 4.79 Å². The smallest absolute Gasteiger partial charge is 0.249 e. The second-order valence-corrected chi connectivity index (χ2v) is 4.50. The van der Waals surface area contributed by atoms with Gasteiger partial charge in [-0.1, -0.05) is 30.3 Å². The van der Waals surface area contributed by atoms with Crippen LogP contribution in [-0.4, -0.2) is 18.0 Å². The van der Waals surface area contributed by atoms with Crippen molar-refractivity contribution in [1.82, 2.24) is 0 Å². The minimum atomic E-state index is -1.26. The largest absolute Gasteiger partial charge is 0.302 e. The van der Waals surface area contributed by atoms with E-state index in [1.165, 1.54) is 4.90 Å². The molecule has 20 heavy (non-hydrogen) atoms. The lowest BCUT2D eigenvalue weighted by atomic mass is 9.91. The van der Waals surface area contributed by atoms with E-state index in [1.807, 2.05) is 6.07 Å². The summed E-state index contributed by atoms with van der Waals surface area (Å²) in [6.45, 7) is 0. The van der Waals surface area contributed by atoms with Crippen LogP contribution in [0.3, 0.4) is 0 Å². The van der Waals surface area contributed by atoms with Crippen LogP contribution in [0.25, 0.3) is 0 Å². The van der Waals surface area contributed by atoms with E-state index >= 15 is 0 Å². The van der Waals surface area contributed by atoms with Gasteiger partial charge >= 0.3 is 0 Å². The first-order chi connectivity index (χ1) is 9.74. The van der Waals surface area contributed by atoms with Gasteiger partial charge in [0.05, 0.1) is 5.69 Å². The number of aldehydes is 1. The van der Waals surface area contributed by atoms with Crippen LogP contribution in [0.2, 0.25) is 0 Å². The average molecular weight is 265 g/mol. The summed E-state index contributed by atoms with van der Waals surface area (Å²) >= 11 is 0. The average Bonchev–Trinajstić information content (AvgIpc) is 2.49. The molecule has 98 valence electrons. The summed E-state index contributed by atoms with van der Waals surface area (Å²) in [4.78, 5) is 37.1. The maximum Gasteiger partial charge on any atom is 0.249 e. The Kier molecular flexibility index (Phi) is 2.91. The molecule has 1 amide bonds. The fraction of sp³-hybridized carbons (Fsp3) is 0.0625. The molecule has 0 aromatic heterocycles. The second kappa shape index (κ2) is 4.74. The fourth-order valence-electron chi connectivity index (χ4n) is 2.38. The predicted molar refractivity (Wildman–Crippen MR) is 73.9 cm³/mol. The Morgan fingerprint density at radius 2 is 1.55 bits per heavy atom. The SMILES string of the molecule is O=C[C@@H]1C(=O)c2ccccc2N(c2ccccc2)C1=O. The molecule has 0 unspecified atom stereocenters. The number of ketones is 1. The number of nitrogens with zero attached hydrogens (tertiary/aromatic N) is 1. The number of carbonyl (C=O) groups excluding carboxylic acids is 3. The summed E-state index contributed by atoms with van der Waals surface area (Å²) in [5, 5.41) is 0. The van der Waals surface area contributed by atoms with E-state index in [-0.39, 0.29) is 0 Å². The molecule has 4 nitrogen and oxygen atoms in total. The van der Waals surface area contributed by atoms with Gasteiger partial charge in [0.1, 0.15) is 6.29 Å². The molecule has 0 aliphatic carbocycles. The van der Waals surface area contributed by atoms with Gasteiger partial charge in [0, 0.05) is 11.3 Å². The summed E-state index contributed by atoms with van der Waals surface area (Å²) in [7, 11) is 0. The lowest BCUT2D eigenvalue weighted by molar-refractivity contribution is -0.124. The third-order valence-corrected chi connectivity index (χ3v) is 3.33. The lowest BCUT2D eigenvalue weighted by Crippen LogP contribution is -2.42. The zero-order valence-electron chi connectivity index (χ0n) is 10.5. The number of benzene rings is 2. The van der Waals surface area contributed by atoms with E-state index in [0.717, 1.165) is 0 Å². The molecule has 2 aromatic rings. The van der Waals surface area contributed by atoms with Crippen LogP contribution in [0, 0.1) is 5.92 Å². The zero-order valence-corrected chi connectivity index (χ0v) is 10.5. The number of hydrogen-bond donors (Lipinski definition) is 0. The van der Waals surface area contributed by atoms with Crippen LogP contribution < -0.4 is 4.90 Å². The van der Waals surface area contributed by atoms with E-state index in [0.29, 0.717) is 23.2 Å². The third kappa shape index (κ3) is 1.73. The molecule has 0 saturated heterocycles. The normalized spacial score (nSPS) is 17.8. The third-order valence-electron chi connectivity index (χ3n) is 3.33. The van der Waals surface area contributed by atoms with Crippen molar-refractivity contribution in [3.8, 4) is 0 Å². The number of anilines is 2. The maximum atomic E-state index is 12.4. The van der Waals surface area contributed by atoms with E-state index in [9.17, 15) is 14.4 Å². The molecule has 1 aliphatic rings. The Hall–Kier alpha value is -2.75. The highest BCUT2D eigenvalue weighted by molar-refractivity contribution is 6.29. The summed E-state index contributed by atoms with van der Waals surface area (Å²) < 4.78 is 0. The van der Waals surface area contributed by atoms with Crippen molar-refractivity contribution in [2.45, 2.75) is 0 Å². The maximum absolute atomic E-state index is 12.4. The number of fused-ring (bicyclic) bond motifs is 1. The van der Waals surface area contributed by atoms with Gasteiger partial charge in [-0.2, -0.15) is 0 Å². The summed E-state index contributed by atoms with van der Waals surface area (Å²) in [6.07, 6.45) is 0.413. The number of Topliss-reactive ketones (excluding diaryl/α,β-unsaturated/α-hetero) is 1. The molecule has 0 N–H and O–H groups in total. The zero-order chi connectivity index (χ0) is 14.1. The van der Waals surface area contributed by atoms with Crippen LogP contribution in [0.4, 0.5) is 11.4 Å². The Bertz CT molecular complexity index is 694. The highest BCUT2D eigenvalue weighted by atomic mass is 16.2. The molecule has 0 bridgehead atoms. The van der Waals surface area contributed by atoms with Gasteiger partial charge in [-0.05, 0) is 24.3 Å². The molecular formula is C16H11NO3. The molecule has 0 saturated carbocycles. The monoisotopic (exact) mass is 265 g/mol. The van der Waals surface area contributed by atoms with Crippen LogP contribution in [0.1, 0.15) is 10.4 Å². The van der Waals surface area contributed by atoms with Gasteiger partial charge in [-0.25, -0.2) is 0 Å². The highest BCUT2D eigenvalue weighted by Gasteiger charge is 2.39. The van der Waals surface area contributed by atoms with Crippen molar-refractivity contribution in [1.29, 1.82) is 0 Å². The number of rotatable bonds is 2. The van der Waals surface area contributed by atoms with Crippen LogP contribution in [-0.2, 0) is 9.59 Å². The summed E-state index contributed by atoms with van der Waals surface area (Å²) in [5.41, 5.74) is 1.56. The number of hydrogen-bond acceptors (Lipinski definition) is 3. The Balaban J connectivity index is 2.23. The first-order valence-electron chi connectivity index (χ1n) is 6.21. The van der Waals surface area contributed by atoms with Gasteiger partial charge in [0.2, 0.25) is 5.91 Å². The van der Waals surface area contributed by atoms with Crippen LogP contribution in [0.5, 0.6) is 0 Å². The standard InChI is InChI=1S/C16H11NO3/c18-10-13-15(19)12-8-4-5-9-14(12)17(16(13)20)11-6-2-1-3-7-11/h1-10,13H/t13-/m1/s1. The van der Waals surface area contributed by atoms with Crippen molar-refractivity contribution in [2.75, 3.05) is 4.90 Å². The number of carbonyl (C=O) groups is 3. The first kappa shape index (κ1) is 12.3. The number of amides is 1. The van der Waals surface area contributed by atoms with E-state index in [2.05, 4.69) is 0 Å². The van der Waals surface area contributed by atoms with E-state index in [4.69, 9.17) is 0 Å². The molecule has 0 fully saturated rings. The summed E-state index contributed by atoms with van der Waals surface area (Å²) in [5.74, 6) is -2.20. The van der Waals surface area contributed by atoms with Gasteiger partial charge in [-0.3, -0.25) is 14.5 Å². The van der Waals surface area contributed by atoms with Crippen LogP contribution in [0.15, 0.2) is 54.6 Å². The van der Waals surface area contributed by atoms with Crippen molar-refractivity contribution >= 4 is 29.4 Å². The quantitative estimate of drug-likeness (QED) is 0.618. The molecule has 1 atom stereocenters. The van der Waals surface area contributed by atoms with Crippen molar-refractivity contribution < 1.29 is 14.4 Å². The van der Waals surface area contributed by atoms with Crippen molar-refractivity contribution in [3.63, 3.8) is 0 Å². The molecule has 1 aliphatic heterocycles. The minimum absolute atomic E-state index is 0.396. The van der Waals surface area contributed by atoms with Crippen molar-refractivity contribution in [3.05, 3.63) is 60.2 Å². The lowest BCUT2D eigenvalue weighted by Gasteiger charge is -2.31. The molecule has 3 rings (SSSR count). The first-order valence-corrected chi connectivity index (χ1v) is 6.21. The molecule has 4 heteroatoms. The van der Waals surface area contributed by atoms with Crippen LogP contribution >= 0.6 is 0 Å². The topological polar surface area (TPSA) is 54.5 Å². The minimum Gasteiger partial charge on any atom is -0.302 e. The van der Waals surface area contributed by atoms with E-state index < -0.39 is 17.6 Å². The Morgan fingerprint density at radius 3 is 2.25 bits per heavy atom. The van der Waals surface area contributed by atoms with Gasteiger partial charge in [0.15, 0.2) is 11.7 Å². The second-order valence-electron chi connectivity index (χ2n) is 4.50. The molecule has 0 spiro atoms. The highest BCUT2D eigenvalue weighted by Crippen LogP contribution is 2.35.